The molecule has 0 bridgehead atoms. The van der Waals surface area contributed by atoms with Gasteiger partial charge in [-0.15, -0.1) is 0 Å². The third-order valence-electron chi connectivity index (χ3n) is 1.31. The van der Waals surface area contributed by atoms with Crippen LogP contribution in [0.2, 0.25) is 0 Å². The number of rotatable bonds is 8. The number of nitrogens with two attached hydrogens (primary N) is 1. The van der Waals surface area contributed by atoms with E-state index in [0.717, 1.165) is 0 Å². The zero-order valence-electron chi connectivity index (χ0n) is 8.86. The summed E-state index contributed by atoms with van der Waals surface area (Å²) >= 11 is 0. The predicted molar refractivity (Wildman–Crippen MR) is 58.8 cm³/mol. The van der Waals surface area contributed by atoms with E-state index in [1.165, 1.54) is 0 Å². The van der Waals surface area contributed by atoms with Crippen LogP contribution in [-0.2, 0) is 18.1 Å². The molecule has 0 aromatic heterocycles. The Morgan fingerprint density at radius 1 is 1.21 bits per heavy atom. The summed E-state index contributed by atoms with van der Waals surface area (Å²) in [4.78, 5) is 0. The standard InChI is InChI=1S/C7H19NO4P2/c1-4-10-13-7(8)14(9,11-5-2)12-6-3/h7,13H,4-6,8H2,1-3H3. The molecular weight excluding hydrogens is 224 g/mol. The molecule has 2 atom stereocenters. The van der Waals surface area contributed by atoms with E-state index >= 15 is 0 Å². The van der Waals surface area contributed by atoms with E-state index in [1.54, 1.807) is 13.8 Å². The maximum atomic E-state index is 12.0. The lowest BCUT2D eigenvalue weighted by Crippen LogP contribution is -2.18. The Labute approximate surface area is 87.1 Å². The molecule has 0 aliphatic heterocycles. The first-order valence-electron chi connectivity index (χ1n) is 4.62. The fraction of sp³-hybridized carbons (Fsp3) is 1.00. The summed E-state index contributed by atoms with van der Waals surface area (Å²) < 4.78 is 27.2. The molecule has 0 radical (unpaired) electrons. The fourth-order valence-corrected chi connectivity index (χ4v) is 3.43. The molecule has 0 aliphatic carbocycles. The molecule has 0 saturated carbocycles. The van der Waals surface area contributed by atoms with Crippen LogP contribution in [0.3, 0.4) is 0 Å². The van der Waals surface area contributed by atoms with Crippen LogP contribution >= 0.6 is 16.4 Å². The van der Waals surface area contributed by atoms with Gasteiger partial charge >= 0.3 is 7.60 Å². The largest absolute Gasteiger partial charge is 0.360 e. The summed E-state index contributed by atoms with van der Waals surface area (Å²) in [6.07, 6.45) is 0. The van der Waals surface area contributed by atoms with E-state index in [4.69, 9.17) is 19.3 Å². The smallest absolute Gasteiger partial charge is 0.353 e. The topological polar surface area (TPSA) is 70.8 Å². The van der Waals surface area contributed by atoms with Crippen molar-refractivity contribution in [1.82, 2.24) is 0 Å². The summed E-state index contributed by atoms with van der Waals surface area (Å²) in [6.45, 7) is 6.55. The molecule has 2 unspecified atom stereocenters. The second kappa shape index (κ2) is 7.75. The summed E-state index contributed by atoms with van der Waals surface area (Å²) in [7, 11) is -3.23. The minimum absolute atomic E-state index is 0.0583. The van der Waals surface area contributed by atoms with Crippen molar-refractivity contribution in [2.45, 2.75) is 26.3 Å². The Kier molecular flexibility index (Phi) is 8.02. The Balaban J connectivity index is 4.23. The van der Waals surface area contributed by atoms with Crippen molar-refractivity contribution in [3.8, 4) is 0 Å². The molecule has 5 nitrogen and oxygen atoms in total. The maximum Gasteiger partial charge on any atom is 0.353 e. The van der Waals surface area contributed by atoms with Gasteiger partial charge in [0.05, 0.1) is 13.2 Å². The van der Waals surface area contributed by atoms with Gasteiger partial charge in [-0.25, -0.2) is 0 Å². The van der Waals surface area contributed by atoms with Crippen LogP contribution in [0.4, 0.5) is 0 Å². The van der Waals surface area contributed by atoms with Crippen molar-refractivity contribution in [1.29, 1.82) is 0 Å². The first-order valence-corrected chi connectivity index (χ1v) is 7.22. The predicted octanol–water partition coefficient (Wildman–Crippen LogP) is 2.12. The van der Waals surface area contributed by atoms with Gasteiger partial charge in [0.2, 0.25) is 0 Å². The molecule has 0 rings (SSSR count). The SMILES string of the molecule is CCOPC(N)P(=O)(OCC)OCC. The summed E-state index contributed by atoms with van der Waals surface area (Å²) in [5.74, 6) is 0. The van der Waals surface area contributed by atoms with Gasteiger partial charge in [-0.1, -0.05) is 0 Å². The summed E-state index contributed by atoms with van der Waals surface area (Å²) in [5.41, 5.74) is 5.01. The average molecular weight is 243 g/mol. The Morgan fingerprint density at radius 3 is 2.07 bits per heavy atom. The van der Waals surface area contributed by atoms with Crippen molar-refractivity contribution in [2.75, 3.05) is 19.8 Å². The van der Waals surface area contributed by atoms with Crippen LogP contribution in [0, 0.1) is 0 Å². The third kappa shape index (κ3) is 4.83. The normalized spacial score (nSPS) is 15.1. The van der Waals surface area contributed by atoms with E-state index in [0.29, 0.717) is 19.8 Å². The minimum Gasteiger partial charge on any atom is -0.360 e. The van der Waals surface area contributed by atoms with Gasteiger partial charge < -0.3 is 19.3 Å². The lowest BCUT2D eigenvalue weighted by molar-refractivity contribution is 0.217. The molecule has 0 amide bonds. The van der Waals surface area contributed by atoms with E-state index < -0.39 is 13.1 Å². The van der Waals surface area contributed by atoms with Gasteiger partial charge in [0.15, 0.2) is 0 Å². The molecule has 86 valence electrons. The zero-order valence-corrected chi connectivity index (χ0v) is 10.8. The van der Waals surface area contributed by atoms with Gasteiger partial charge in [-0.05, 0) is 20.8 Å². The summed E-state index contributed by atoms with van der Waals surface area (Å²) in [6, 6.07) is 0. The van der Waals surface area contributed by atoms with Crippen LogP contribution in [0.25, 0.3) is 0 Å². The third-order valence-corrected chi connectivity index (χ3v) is 5.19. The van der Waals surface area contributed by atoms with Gasteiger partial charge in [0, 0.05) is 15.4 Å². The minimum atomic E-state index is -3.17. The highest BCUT2D eigenvalue weighted by molar-refractivity contribution is 7.65. The first-order chi connectivity index (χ1) is 6.60. The van der Waals surface area contributed by atoms with Crippen molar-refractivity contribution in [2.24, 2.45) is 5.73 Å². The fourth-order valence-electron chi connectivity index (χ4n) is 0.791. The van der Waals surface area contributed by atoms with Crippen molar-refractivity contribution in [3.63, 3.8) is 0 Å². The number of hydrogen-bond acceptors (Lipinski definition) is 5. The van der Waals surface area contributed by atoms with Crippen LogP contribution in [-0.4, -0.2) is 25.3 Å². The second-order valence-corrected chi connectivity index (χ2v) is 6.16. The van der Waals surface area contributed by atoms with Gasteiger partial charge in [0.25, 0.3) is 0 Å². The Hall–Kier alpha value is 0.500. The zero-order chi connectivity index (χ0) is 11.0. The van der Waals surface area contributed by atoms with E-state index in [-0.39, 0.29) is 8.81 Å². The molecule has 0 saturated heterocycles. The monoisotopic (exact) mass is 243 g/mol. The van der Waals surface area contributed by atoms with Crippen molar-refractivity contribution < 1.29 is 18.1 Å². The Morgan fingerprint density at radius 2 is 1.71 bits per heavy atom. The quantitative estimate of drug-likeness (QED) is 0.661. The molecule has 0 heterocycles. The van der Waals surface area contributed by atoms with Gasteiger partial charge in [0.1, 0.15) is 5.52 Å². The van der Waals surface area contributed by atoms with Crippen LogP contribution in [0.1, 0.15) is 20.8 Å². The van der Waals surface area contributed by atoms with Gasteiger partial charge in [-0.3, -0.25) is 4.57 Å². The molecule has 2 N–H and O–H groups in total. The molecule has 0 spiro atoms. The molecule has 0 aliphatic rings. The van der Waals surface area contributed by atoms with Crippen LogP contribution in [0.5, 0.6) is 0 Å². The molecule has 14 heavy (non-hydrogen) atoms. The molecule has 7 heteroatoms. The van der Waals surface area contributed by atoms with E-state index in [9.17, 15) is 4.57 Å². The van der Waals surface area contributed by atoms with E-state index in [1.807, 2.05) is 6.92 Å². The molecular formula is C7H19NO4P2. The lowest BCUT2D eigenvalue weighted by Gasteiger charge is -2.22. The van der Waals surface area contributed by atoms with E-state index in [2.05, 4.69) is 0 Å². The molecule has 0 fully saturated rings. The summed E-state index contributed by atoms with van der Waals surface area (Å²) in [5, 5.41) is 0. The van der Waals surface area contributed by atoms with Crippen molar-refractivity contribution >= 4 is 16.4 Å². The molecule has 0 aromatic carbocycles. The van der Waals surface area contributed by atoms with Gasteiger partial charge in [-0.2, -0.15) is 0 Å². The van der Waals surface area contributed by atoms with Crippen LogP contribution in [0.15, 0.2) is 0 Å². The lowest BCUT2D eigenvalue weighted by atomic mass is 10.9. The first kappa shape index (κ1) is 14.5. The highest BCUT2D eigenvalue weighted by atomic mass is 31.2. The van der Waals surface area contributed by atoms with Crippen LogP contribution < -0.4 is 5.73 Å². The second-order valence-electron chi connectivity index (χ2n) is 2.37. The maximum absolute atomic E-state index is 12.0. The average Bonchev–Trinajstić information content (AvgIpc) is 2.15. The molecule has 0 aromatic rings. The number of hydrogen-bond donors (Lipinski definition) is 1. The highest BCUT2D eigenvalue weighted by Crippen LogP contribution is 2.56. The Bertz CT molecular complexity index is 181. The van der Waals surface area contributed by atoms with Crippen molar-refractivity contribution in [3.05, 3.63) is 0 Å². The highest BCUT2D eigenvalue weighted by Gasteiger charge is 2.32.